The monoisotopic (exact) mass is 305 g/mol. The van der Waals surface area contributed by atoms with E-state index >= 15 is 0 Å². The van der Waals surface area contributed by atoms with Gasteiger partial charge < -0.3 is 9.74 Å². The maximum absolute atomic E-state index is 6.17. The summed E-state index contributed by atoms with van der Waals surface area (Å²) in [7, 11) is -1.45. The Bertz CT molecular complexity index is 423. The van der Waals surface area contributed by atoms with Gasteiger partial charge in [-0.1, -0.05) is 44.2 Å². The number of rotatable bonds is 8. The van der Waals surface area contributed by atoms with Gasteiger partial charge in [0.2, 0.25) is 0 Å². The number of nitrogens with one attached hydrogen (secondary N) is 1. The van der Waals surface area contributed by atoms with E-state index < -0.39 is 8.32 Å². The van der Waals surface area contributed by atoms with Gasteiger partial charge >= 0.3 is 0 Å². The lowest BCUT2D eigenvalue weighted by Crippen LogP contribution is -2.43. The first kappa shape index (κ1) is 16.7. The van der Waals surface area contributed by atoms with Crippen LogP contribution in [0.4, 0.5) is 0 Å². The molecule has 1 aromatic rings. The van der Waals surface area contributed by atoms with Crippen molar-refractivity contribution < 1.29 is 4.43 Å². The molecule has 21 heavy (non-hydrogen) atoms. The van der Waals surface area contributed by atoms with Crippen LogP contribution in [0, 0.1) is 11.8 Å². The van der Waals surface area contributed by atoms with Crippen LogP contribution in [-0.2, 0) is 4.43 Å². The summed E-state index contributed by atoms with van der Waals surface area (Å²) < 4.78 is 6.17. The van der Waals surface area contributed by atoms with Gasteiger partial charge in [-0.2, -0.15) is 0 Å². The average molecular weight is 306 g/mol. The van der Waals surface area contributed by atoms with Crippen molar-refractivity contribution in [2.45, 2.75) is 58.4 Å². The Kier molecular flexibility index (Phi) is 5.64. The highest BCUT2D eigenvalue weighted by Gasteiger charge is 2.34. The molecule has 1 saturated carbocycles. The van der Waals surface area contributed by atoms with E-state index in [1.807, 2.05) is 0 Å². The summed E-state index contributed by atoms with van der Waals surface area (Å²) in [6.45, 7) is 12.2. The van der Waals surface area contributed by atoms with E-state index in [-0.39, 0.29) is 0 Å². The Balaban J connectivity index is 2.02. The minimum Gasteiger partial charge on any atom is -0.416 e. The van der Waals surface area contributed by atoms with Gasteiger partial charge in [-0.3, -0.25) is 0 Å². The Morgan fingerprint density at radius 1 is 1.14 bits per heavy atom. The van der Waals surface area contributed by atoms with Crippen LogP contribution in [0.2, 0.25) is 19.6 Å². The standard InChI is InChI=1S/C18H31NOSi/c1-14(2)17(13-20-21(3,4)5)19-18(16-11-12-16)15-9-7-6-8-10-15/h6-10,14,16-19H,11-13H2,1-5H3/t17-,18-/m1/s1. The lowest BCUT2D eigenvalue weighted by molar-refractivity contribution is 0.207. The fourth-order valence-electron chi connectivity index (χ4n) is 2.60. The maximum Gasteiger partial charge on any atom is 0.183 e. The molecular formula is C18H31NOSi. The van der Waals surface area contributed by atoms with Gasteiger partial charge in [-0.15, -0.1) is 0 Å². The third-order valence-electron chi connectivity index (χ3n) is 4.15. The number of hydrogen-bond donors (Lipinski definition) is 1. The van der Waals surface area contributed by atoms with Crippen molar-refractivity contribution in [1.82, 2.24) is 5.32 Å². The van der Waals surface area contributed by atoms with Gasteiger partial charge in [0.25, 0.3) is 0 Å². The summed E-state index contributed by atoms with van der Waals surface area (Å²) in [5.41, 5.74) is 1.43. The molecule has 0 aliphatic heterocycles. The molecular weight excluding hydrogens is 274 g/mol. The summed E-state index contributed by atoms with van der Waals surface area (Å²) in [6.07, 6.45) is 2.71. The summed E-state index contributed by atoms with van der Waals surface area (Å²) in [5.74, 6) is 1.40. The second kappa shape index (κ2) is 7.08. The Morgan fingerprint density at radius 3 is 2.24 bits per heavy atom. The Hall–Kier alpha value is -0.643. The molecule has 1 aliphatic carbocycles. The van der Waals surface area contributed by atoms with Crippen molar-refractivity contribution in [3.63, 3.8) is 0 Å². The zero-order valence-corrected chi connectivity index (χ0v) is 15.2. The Labute approximate surface area is 131 Å². The molecule has 0 bridgehead atoms. The molecule has 1 aliphatic rings. The molecule has 3 heteroatoms. The first-order valence-electron chi connectivity index (χ1n) is 8.32. The summed E-state index contributed by atoms with van der Waals surface area (Å²) in [6, 6.07) is 11.8. The van der Waals surface area contributed by atoms with Gasteiger partial charge in [0.05, 0.1) is 0 Å². The zero-order chi connectivity index (χ0) is 15.5. The zero-order valence-electron chi connectivity index (χ0n) is 14.2. The van der Waals surface area contributed by atoms with E-state index in [0.717, 1.165) is 12.5 Å². The van der Waals surface area contributed by atoms with Crippen LogP contribution in [0.25, 0.3) is 0 Å². The van der Waals surface area contributed by atoms with Crippen LogP contribution in [0.5, 0.6) is 0 Å². The molecule has 2 atom stereocenters. The van der Waals surface area contributed by atoms with Crippen LogP contribution in [0.1, 0.15) is 38.3 Å². The highest BCUT2D eigenvalue weighted by Crippen LogP contribution is 2.41. The lowest BCUT2D eigenvalue weighted by atomic mass is 9.98. The van der Waals surface area contributed by atoms with Gasteiger partial charge in [0, 0.05) is 18.7 Å². The average Bonchev–Trinajstić information content (AvgIpc) is 3.22. The van der Waals surface area contributed by atoms with Crippen molar-refractivity contribution in [2.24, 2.45) is 11.8 Å². The highest BCUT2D eigenvalue weighted by molar-refractivity contribution is 6.69. The van der Waals surface area contributed by atoms with Crippen molar-refractivity contribution in [3.8, 4) is 0 Å². The summed E-state index contributed by atoms with van der Waals surface area (Å²) in [4.78, 5) is 0. The molecule has 0 aromatic heterocycles. The fourth-order valence-corrected chi connectivity index (χ4v) is 3.28. The second-order valence-corrected chi connectivity index (χ2v) is 12.2. The third-order valence-corrected chi connectivity index (χ3v) is 5.18. The molecule has 1 aromatic carbocycles. The first-order valence-corrected chi connectivity index (χ1v) is 11.7. The Morgan fingerprint density at radius 2 is 1.76 bits per heavy atom. The van der Waals surface area contributed by atoms with Gasteiger partial charge in [0.15, 0.2) is 8.32 Å². The molecule has 0 radical (unpaired) electrons. The van der Waals surface area contributed by atoms with Crippen LogP contribution in [-0.4, -0.2) is 21.0 Å². The molecule has 2 rings (SSSR count). The summed E-state index contributed by atoms with van der Waals surface area (Å²) >= 11 is 0. The van der Waals surface area contributed by atoms with Crippen LogP contribution in [0.15, 0.2) is 30.3 Å². The molecule has 118 valence electrons. The molecule has 0 unspecified atom stereocenters. The quantitative estimate of drug-likeness (QED) is 0.709. The van der Waals surface area contributed by atoms with E-state index in [0.29, 0.717) is 18.0 Å². The molecule has 0 heterocycles. The summed E-state index contributed by atoms with van der Waals surface area (Å²) in [5, 5.41) is 3.90. The lowest BCUT2D eigenvalue weighted by Gasteiger charge is -2.31. The van der Waals surface area contributed by atoms with Crippen molar-refractivity contribution >= 4 is 8.32 Å². The minimum absolute atomic E-state index is 0.433. The molecule has 1 fully saturated rings. The van der Waals surface area contributed by atoms with E-state index in [1.165, 1.54) is 18.4 Å². The highest BCUT2D eigenvalue weighted by atomic mass is 28.4. The molecule has 0 spiro atoms. The van der Waals surface area contributed by atoms with Crippen molar-refractivity contribution in [3.05, 3.63) is 35.9 Å². The smallest absolute Gasteiger partial charge is 0.183 e. The van der Waals surface area contributed by atoms with Gasteiger partial charge in [0.1, 0.15) is 0 Å². The predicted molar refractivity (Wildman–Crippen MR) is 93.0 cm³/mol. The predicted octanol–water partition coefficient (Wildman–Crippen LogP) is 4.60. The van der Waals surface area contributed by atoms with Crippen LogP contribution in [0.3, 0.4) is 0 Å². The first-order chi connectivity index (χ1) is 9.87. The fraction of sp³-hybridized carbons (Fsp3) is 0.667. The third kappa shape index (κ3) is 5.57. The molecule has 0 saturated heterocycles. The van der Waals surface area contributed by atoms with Crippen molar-refractivity contribution in [1.29, 1.82) is 0 Å². The van der Waals surface area contributed by atoms with Gasteiger partial charge in [-0.25, -0.2) is 0 Å². The minimum atomic E-state index is -1.45. The van der Waals surface area contributed by atoms with E-state index in [4.69, 9.17) is 4.43 Å². The van der Waals surface area contributed by atoms with E-state index in [9.17, 15) is 0 Å². The second-order valence-electron chi connectivity index (χ2n) is 7.67. The SMILES string of the molecule is CC(C)[C@@H](CO[Si](C)(C)C)N[C@H](c1ccccc1)C1CC1. The molecule has 2 nitrogen and oxygen atoms in total. The van der Waals surface area contributed by atoms with E-state index in [2.05, 4.69) is 69.1 Å². The molecule has 1 N–H and O–H groups in total. The normalized spacial score (nSPS) is 18.8. The number of hydrogen-bond acceptors (Lipinski definition) is 2. The van der Waals surface area contributed by atoms with Crippen LogP contribution < -0.4 is 5.32 Å². The largest absolute Gasteiger partial charge is 0.416 e. The van der Waals surface area contributed by atoms with Gasteiger partial charge in [-0.05, 0) is 49.9 Å². The topological polar surface area (TPSA) is 21.3 Å². The van der Waals surface area contributed by atoms with Crippen molar-refractivity contribution in [2.75, 3.05) is 6.61 Å². The van der Waals surface area contributed by atoms with Crippen LogP contribution >= 0.6 is 0 Å². The van der Waals surface area contributed by atoms with E-state index in [1.54, 1.807) is 0 Å². The maximum atomic E-state index is 6.17. The number of benzene rings is 1. The molecule has 0 amide bonds.